The van der Waals surface area contributed by atoms with E-state index in [1.165, 1.54) is 18.4 Å². The number of guanidine groups is 1. The summed E-state index contributed by atoms with van der Waals surface area (Å²) in [5.41, 5.74) is 3.14. The van der Waals surface area contributed by atoms with Gasteiger partial charge in [-0.3, -0.25) is 9.89 Å². The van der Waals surface area contributed by atoms with Gasteiger partial charge in [0.05, 0.1) is 24.5 Å². The number of halogens is 1. The van der Waals surface area contributed by atoms with E-state index in [9.17, 15) is 0 Å². The molecule has 1 aromatic carbocycles. The maximum Gasteiger partial charge on any atom is 0.226 e. The Bertz CT molecular complexity index is 979. The molecule has 8 heteroatoms. The smallest absolute Gasteiger partial charge is 0.226 e. The quantitative estimate of drug-likeness (QED) is 0.221. The SMILES string of the molecule is CCNC(=NCC(c1ccco1)N1CCCC1)NCCc1coc(-c2ccc(C)cc2)n1.I. The lowest BCUT2D eigenvalue weighted by Crippen LogP contribution is -2.39. The maximum absolute atomic E-state index is 5.71. The van der Waals surface area contributed by atoms with Crippen LogP contribution in [0, 0.1) is 6.92 Å². The molecule has 2 aromatic heterocycles. The van der Waals surface area contributed by atoms with Crippen molar-refractivity contribution < 1.29 is 8.83 Å². The van der Waals surface area contributed by atoms with Gasteiger partial charge in [0, 0.05) is 25.1 Å². The Hall–Kier alpha value is -2.33. The van der Waals surface area contributed by atoms with Gasteiger partial charge in [0.2, 0.25) is 5.89 Å². The molecule has 0 saturated carbocycles. The van der Waals surface area contributed by atoms with Crippen molar-refractivity contribution in [1.29, 1.82) is 0 Å². The van der Waals surface area contributed by atoms with Crippen LogP contribution in [0.1, 0.15) is 42.8 Å². The first kappa shape index (κ1) is 25.3. The Morgan fingerprint density at radius 2 is 1.91 bits per heavy atom. The van der Waals surface area contributed by atoms with Crippen molar-refractivity contribution in [3.05, 3.63) is 65.9 Å². The lowest BCUT2D eigenvalue weighted by Gasteiger charge is -2.24. The normalized spacial score (nSPS) is 15.3. The van der Waals surface area contributed by atoms with E-state index in [1.807, 2.05) is 18.2 Å². The van der Waals surface area contributed by atoms with Crippen LogP contribution in [-0.4, -0.2) is 48.6 Å². The summed E-state index contributed by atoms with van der Waals surface area (Å²) in [6.45, 7) is 8.53. The van der Waals surface area contributed by atoms with Crippen molar-refractivity contribution in [3.63, 3.8) is 0 Å². The average Bonchev–Trinajstić information content (AvgIpc) is 3.58. The van der Waals surface area contributed by atoms with Crippen molar-refractivity contribution in [1.82, 2.24) is 20.5 Å². The number of benzene rings is 1. The van der Waals surface area contributed by atoms with E-state index >= 15 is 0 Å². The van der Waals surface area contributed by atoms with Crippen LogP contribution < -0.4 is 10.6 Å². The molecule has 1 saturated heterocycles. The Morgan fingerprint density at radius 1 is 1.12 bits per heavy atom. The van der Waals surface area contributed by atoms with Gasteiger partial charge in [-0.25, -0.2) is 4.98 Å². The van der Waals surface area contributed by atoms with Gasteiger partial charge < -0.3 is 19.5 Å². The van der Waals surface area contributed by atoms with Gasteiger partial charge in [0.15, 0.2) is 5.96 Å². The third-order valence-corrected chi connectivity index (χ3v) is 5.74. The number of nitrogens with zero attached hydrogens (tertiary/aromatic N) is 3. The summed E-state index contributed by atoms with van der Waals surface area (Å²) in [6, 6.07) is 12.4. The lowest BCUT2D eigenvalue weighted by molar-refractivity contribution is 0.221. The summed E-state index contributed by atoms with van der Waals surface area (Å²) < 4.78 is 11.4. The van der Waals surface area contributed by atoms with Gasteiger partial charge in [-0.2, -0.15) is 0 Å². The fourth-order valence-electron chi connectivity index (χ4n) is 4.00. The summed E-state index contributed by atoms with van der Waals surface area (Å²) in [7, 11) is 0. The summed E-state index contributed by atoms with van der Waals surface area (Å²) in [5.74, 6) is 2.45. The Kier molecular flexibility index (Phi) is 9.80. The summed E-state index contributed by atoms with van der Waals surface area (Å²) in [4.78, 5) is 11.9. The standard InChI is InChI=1S/C25H33N5O2.HI/c1-3-26-25(28-17-22(23-7-6-16-31-23)30-14-4-5-15-30)27-13-12-21-18-32-24(29-21)20-10-8-19(2)9-11-20;/h6-11,16,18,22H,3-5,12-15,17H2,1-2H3,(H2,26,27,28);1H. The van der Waals surface area contributed by atoms with Crippen LogP contribution in [0.4, 0.5) is 0 Å². The molecular weight excluding hydrogens is 529 g/mol. The van der Waals surface area contributed by atoms with Gasteiger partial charge in [0.1, 0.15) is 12.0 Å². The van der Waals surface area contributed by atoms with E-state index in [0.717, 1.165) is 55.6 Å². The van der Waals surface area contributed by atoms with Crippen LogP contribution in [0.3, 0.4) is 0 Å². The molecule has 0 amide bonds. The zero-order chi connectivity index (χ0) is 22.2. The largest absolute Gasteiger partial charge is 0.468 e. The number of aryl methyl sites for hydroxylation is 1. The second-order valence-corrected chi connectivity index (χ2v) is 8.18. The van der Waals surface area contributed by atoms with Gasteiger partial charge in [0.25, 0.3) is 0 Å². The molecule has 1 aliphatic heterocycles. The molecule has 7 nitrogen and oxygen atoms in total. The molecule has 0 aliphatic carbocycles. The molecule has 0 radical (unpaired) electrons. The number of oxazole rings is 1. The maximum atomic E-state index is 5.71. The highest BCUT2D eigenvalue weighted by Crippen LogP contribution is 2.25. The molecule has 1 atom stereocenters. The molecule has 2 N–H and O–H groups in total. The molecule has 178 valence electrons. The highest BCUT2D eigenvalue weighted by molar-refractivity contribution is 14.0. The van der Waals surface area contributed by atoms with Crippen LogP contribution in [0.2, 0.25) is 0 Å². The number of aliphatic imine (C=N–C) groups is 1. The number of rotatable bonds is 9. The predicted octanol–water partition coefficient (Wildman–Crippen LogP) is 4.80. The first-order chi connectivity index (χ1) is 15.7. The monoisotopic (exact) mass is 563 g/mol. The highest BCUT2D eigenvalue weighted by Gasteiger charge is 2.25. The van der Waals surface area contributed by atoms with Crippen LogP contribution >= 0.6 is 24.0 Å². The van der Waals surface area contributed by atoms with Crippen molar-refractivity contribution in [2.45, 2.75) is 39.2 Å². The van der Waals surface area contributed by atoms with Gasteiger partial charge in [-0.1, -0.05) is 17.7 Å². The second kappa shape index (κ2) is 12.8. The third kappa shape index (κ3) is 7.07. The molecule has 1 aliphatic rings. The van der Waals surface area contributed by atoms with Crippen LogP contribution in [0.15, 0.2) is 62.8 Å². The van der Waals surface area contributed by atoms with E-state index in [1.54, 1.807) is 12.5 Å². The Morgan fingerprint density at radius 3 is 2.61 bits per heavy atom. The van der Waals surface area contributed by atoms with Crippen molar-refractivity contribution in [3.8, 4) is 11.5 Å². The zero-order valence-corrected chi connectivity index (χ0v) is 21.7. The number of likely N-dealkylation sites (tertiary alicyclic amines) is 1. The van der Waals surface area contributed by atoms with Crippen molar-refractivity contribution in [2.75, 3.05) is 32.7 Å². The molecule has 0 bridgehead atoms. The first-order valence-electron chi connectivity index (χ1n) is 11.5. The first-order valence-corrected chi connectivity index (χ1v) is 11.5. The number of aromatic nitrogens is 1. The summed E-state index contributed by atoms with van der Waals surface area (Å²) in [5, 5.41) is 6.77. The molecule has 4 rings (SSSR count). The molecular formula is C25H34IN5O2. The zero-order valence-electron chi connectivity index (χ0n) is 19.4. The van der Waals surface area contributed by atoms with E-state index in [0.29, 0.717) is 12.4 Å². The molecule has 3 aromatic rings. The van der Waals surface area contributed by atoms with Crippen LogP contribution in [0.5, 0.6) is 0 Å². The third-order valence-electron chi connectivity index (χ3n) is 5.74. The number of hydrogen-bond donors (Lipinski definition) is 2. The number of hydrogen-bond acceptors (Lipinski definition) is 5. The lowest BCUT2D eigenvalue weighted by atomic mass is 10.1. The molecule has 33 heavy (non-hydrogen) atoms. The Balaban J connectivity index is 0.00000306. The van der Waals surface area contributed by atoms with Gasteiger partial charge in [-0.05, 0) is 64.0 Å². The van der Waals surface area contributed by atoms with Crippen molar-refractivity contribution >= 4 is 29.9 Å². The molecule has 1 fully saturated rings. The minimum absolute atomic E-state index is 0. The second-order valence-electron chi connectivity index (χ2n) is 8.18. The van der Waals surface area contributed by atoms with Crippen LogP contribution in [-0.2, 0) is 6.42 Å². The summed E-state index contributed by atoms with van der Waals surface area (Å²) in [6.07, 6.45) is 6.71. The van der Waals surface area contributed by atoms with Crippen LogP contribution in [0.25, 0.3) is 11.5 Å². The Labute approximate surface area is 213 Å². The topological polar surface area (TPSA) is 78.8 Å². The molecule has 0 spiro atoms. The van der Waals surface area contributed by atoms with E-state index < -0.39 is 0 Å². The fourth-order valence-corrected chi connectivity index (χ4v) is 4.00. The molecule has 3 heterocycles. The van der Waals surface area contributed by atoms with E-state index in [-0.39, 0.29) is 30.0 Å². The minimum atomic E-state index is 0. The van der Waals surface area contributed by atoms with E-state index in [2.05, 4.69) is 52.6 Å². The number of nitrogens with one attached hydrogen (secondary N) is 2. The summed E-state index contributed by atoms with van der Waals surface area (Å²) >= 11 is 0. The minimum Gasteiger partial charge on any atom is -0.468 e. The highest BCUT2D eigenvalue weighted by atomic mass is 127. The predicted molar refractivity (Wildman–Crippen MR) is 142 cm³/mol. The molecule has 1 unspecified atom stereocenters. The average molecular weight is 563 g/mol. The van der Waals surface area contributed by atoms with Gasteiger partial charge >= 0.3 is 0 Å². The fraction of sp³-hybridized carbons (Fsp3) is 0.440. The van der Waals surface area contributed by atoms with Gasteiger partial charge in [-0.15, -0.1) is 24.0 Å². The van der Waals surface area contributed by atoms with E-state index in [4.69, 9.17) is 13.8 Å². The number of furan rings is 1. The van der Waals surface area contributed by atoms with Crippen molar-refractivity contribution in [2.24, 2.45) is 4.99 Å².